The number of carbonyl (C=O) groups excluding carboxylic acids is 2. The number of carbonyl (C=O) groups is 2. The summed E-state index contributed by atoms with van der Waals surface area (Å²) in [5.74, 6) is -0.332. The van der Waals surface area contributed by atoms with E-state index in [0.717, 1.165) is 17.8 Å². The first-order chi connectivity index (χ1) is 14.7. The Morgan fingerprint density at radius 3 is 2.55 bits per heavy atom. The lowest BCUT2D eigenvalue weighted by Gasteiger charge is -2.16. The zero-order valence-corrected chi connectivity index (χ0v) is 17.3. The maximum Gasteiger partial charge on any atom is 0.418 e. The first-order valence-electron chi connectivity index (χ1n) is 8.77. The molecule has 0 atom stereocenters. The number of hydrogen-bond donors (Lipinski definition) is 2. The van der Waals surface area contributed by atoms with Gasteiger partial charge in [-0.2, -0.15) is 13.2 Å². The first kappa shape index (κ1) is 22.6. The summed E-state index contributed by atoms with van der Waals surface area (Å²) in [6.07, 6.45) is -4.72. The Morgan fingerprint density at radius 1 is 1.13 bits per heavy atom. The average Bonchev–Trinajstić information content (AvgIpc) is 3.10. The number of hydrogen-bond acceptors (Lipinski definition) is 5. The summed E-state index contributed by atoms with van der Waals surface area (Å²) in [6.45, 7) is 0. The highest BCUT2D eigenvalue weighted by atomic mass is 35.5. The van der Waals surface area contributed by atoms with E-state index >= 15 is 0 Å². The fraction of sp³-hybridized carbons (Fsp3) is 0.158. The number of thioether (sulfide) groups is 1. The number of amides is 3. The number of rotatable bonds is 6. The lowest BCUT2D eigenvalue weighted by atomic mass is 10.1. The number of imide groups is 1. The summed E-state index contributed by atoms with van der Waals surface area (Å²) < 4.78 is 42.3. The van der Waals surface area contributed by atoms with Gasteiger partial charge >= 0.3 is 12.2 Å². The van der Waals surface area contributed by atoms with Crippen molar-refractivity contribution in [3.63, 3.8) is 0 Å². The standard InChI is InChI=1S/C19H15ClF3N5O2S/c20-12-5-3-4-11(10-12)16-26-27-18(31-9-8-15(29)25-17(24)30)28(16)14-7-2-1-6-13(14)19(21,22)23/h1-7,10H,8-9H2,(H3,24,25,29,30). The number of urea groups is 1. The van der Waals surface area contributed by atoms with Gasteiger partial charge in [-0.25, -0.2) is 4.79 Å². The lowest BCUT2D eigenvalue weighted by molar-refractivity contribution is -0.137. The Morgan fingerprint density at radius 2 is 1.87 bits per heavy atom. The molecule has 12 heteroatoms. The fourth-order valence-corrected chi connectivity index (χ4v) is 3.81. The zero-order valence-electron chi connectivity index (χ0n) is 15.7. The molecular formula is C19H15ClF3N5O2S. The summed E-state index contributed by atoms with van der Waals surface area (Å²) in [4.78, 5) is 22.4. The second-order valence-electron chi connectivity index (χ2n) is 6.18. The monoisotopic (exact) mass is 469 g/mol. The highest BCUT2D eigenvalue weighted by Crippen LogP contribution is 2.37. The molecule has 0 unspecified atom stereocenters. The van der Waals surface area contributed by atoms with Crippen molar-refractivity contribution < 1.29 is 22.8 Å². The number of nitrogens with zero attached hydrogens (tertiary/aromatic N) is 3. The molecule has 0 saturated heterocycles. The van der Waals surface area contributed by atoms with E-state index in [0.29, 0.717) is 10.6 Å². The molecule has 0 saturated carbocycles. The van der Waals surface area contributed by atoms with Crippen LogP contribution in [0.3, 0.4) is 0 Å². The third kappa shape index (κ3) is 5.56. The second-order valence-corrected chi connectivity index (χ2v) is 7.68. The van der Waals surface area contributed by atoms with Crippen molar-refractivity contribution in [2.75, 3.05) is 5.75 Å². The maximum absolute atomic E-state index is 13.7. The van der Waals surface area contributed by atoms with Crippen LogP contribution in [0.15, 0.2) is 53.7 Å². The van der Waals surface area contributed by atoms with Gasteiger partial charge in [0, 0.05) is 22.8 Å². The molecule has 31 heavy (non-hydrogen) atoms. The number of primary amides is 1. The van der Waals surface area contributed by atoms with Crippen LogP contribution in [0.25, 0.3) is 17.1 Å². The van der Waals surface area contributed by atoms with E-state index in [9.17, 15) is 22.8 Å². The summed E-state index contributed by atoms with van der Waals surface area (Å²) in [6, 6.07) is 10.5. The highest BCUT2D eigenvalue weighted by Gasteiger charge is 2.35. The van der Waals surface area contributed by atoms with E-state index in [4.69, 9.17) is 17.3 Å². The third-order valence-electron chi connectivity index (χ3n) is 3.99. The number of halogens is 4. The van der Waals surface area contributed by atoms with Crippen LogP contribution in [-0.4, -0.2) is 32.5 Å². The van der Waals surface area contributed by atoms with Crippen LogP contribution in [0.1, 0.15) is 12.0 Å². The molecule has 0 fully saturated rings. The summed E-state index contributed by atoms with van der Waals surface area (Å²) >= 11 is 7.05. The molecule has 0 bridgehead atoms. The van der Waals surface area contributed by atoms with E-state index in [2.05, 4.69) is 10.2 Å². The first-order valence-corrected chi connectivity index (χ1v) is 10.1. The molecule has 3 N–H and O–H groups in total. The molecule has 1 aromatic heterocycles. The van der Waals surface area contributed by atoms with Gasteiger partial charge in [0.05, 0.1) is 11.3 Å². The molecule has 3 aromatic rings. The normalized spacial score (nSPS) is 11.4. The van der Waals surface area contributed by atoms with Crippen LogP contribution >= 0.6 is 23.4 Å². The molecular weight excluding hydrogens is 455 g/mol. The SMILES string of the molecule is NC(=O)NC(=O)CCSc1nnc(-c2cccc(Cl)c2)n1-c1ccccc1C(F)(F)F. The number of nitrogens with one attached hydrogen (secondary N) is 1. The Labute approximate surface area is 183 Å². The van der Waals surface area contributed by atoms with Gasteiger partial charge in [-0.15, -0.1) is 10.2 Å². The summed E-state index contributed by atoms with van der Waals surface area (Å²) in [5, 5.41) is 10.5. The quantitative estimate of drug-likeness (QED) is 0.524. The van der Waals surface area contributed by atoms with Crippen LogP contribution in [0, 0.1) is 0 Å². The molecule has 7 nitrogen and oxygen atoms in total. The Bertz CT molecular complexity index is 1120. The number of nitrogens with two attached hydrogens (primary N) is 1. The van der Waals surface area contributed by atoms with E-state index in [1.54, 1.807) is 24.3 Å². The average molecular weight is 470 g/mol. The predicted molar refractivity (Wildman–Crippen MR) is 110 cm³/mol. The molecule has 0 spiro atoms. The molecule has 2 aromatic carbocycles. The number of alkyl halides is 3. The minimum Gasteiger partial charge on any atom is -0.351 e. The second kappa shape index (κ2) is 9.40. The third-order valence-corrected chi connectivity index (χ3v) is 5.16. The molecule has 3 rings (SSSR count). The summed E-state index contributed by atoms with van der Waals surface area (Å²) in [7, 11) is 0. The van der Waals surface area contributed by atoms with Crippen LogP contribution < -0.4 is 11.1 Å². The van der Waals surface area contributed by atoms with Gasteiger partial charge in [0.15, 0.2) is 11.0 Å². The molecule has 162 valence electrons. The molecule has 0 aliphatic rings. The predicted octanol–water partition coefficient (Wildman–Crippen LogP) is 4.28. The number of para-hydroxylation sites is 1. The smallest absolute Gasteiger partial charge is 0.351 e. The maximum atomic E-state index is 13.7. The minimum atomic E-state index is -4.62. The van der Waals surface area contributed by atoms with Gasteiger partial charge in [-0.3, -0.25) is 14.7 Å². The van der Waals surface area contributed by atoms with Crippen LogP contribution in [0.5, 0.6) is 0 Å². The van der Waals surface area contributed by atoms with Gasteiger partial charge in [-0.1, -0.05) is 47.6 Å². The van der Waals surface area contributed by atoms with Gasteiger partial charge in [0.2, 0.25) is 5.91 Å². The van der Waals surface area contributed by atoms with E-state index < -0.39 is 23.7 Å². The van der Waals surface area contributed by atoms with Crippen molar-refractivity contribution in [3.05, 3.63) is 59.1 Å². The van der Waals surface area contributed by atoms with Crippen LogP contribution in [-0.2, 0) is 11.0 Å². The zero-order chi connectivity index (χ0) is 22.6. The highest BCUT2D eigenvalue weighted by molar-refractivity contribution is 7.99. The molecule has 3 amide bonds. The largest absolute Gasteiger partial charge is 0.418 e. The van der Waals surface area contributed by atoms with Crippen molar-refractivity contribution >= 4 is 35.3 Å². The molecule has 1 heterocycles. The van der Waals surface area contributed by atoms with Gasteiger partial charge in [0.1, 0.15) is 0 Å². The molecule has 0 aliphatic heterocycles. The molecule has 0 aliphatic carbocycles. The Balaban J connectivity index is 2.04. The van der Waals surface area contributed by atoms with Crippen molar-refractivity contribution in [2.45, 2.75) is 17.8 Å². The fourth-order valence-electron chi connectivity index (χ4n) is 2.74. The van der Waals surface area contributed by atoms with Crippen molar-refractivity contribution in [1.29, 1.82) is 0 Å². The van der Waals surface area contributed by atoms with Crippen molar-refractivity contribution in [2.24, 2.45) is 5.73 Å². The van der Waals surface area contributed by atoms with Crippen molar-refractivity contribution in [3.8, 4) is 17.1 Å². The van der Waals surface area contributed by atoms with Gasteiger partial charge < -0.3 is 5.73 Å². The van der Waals surface area contributed by atoms with Crippen molar-refractivity contribution in [1.82, 2.24) is 20.1 Å². The Hall–Kier alpha value is -3.05. The summed E-state index contributed by atoms with van der Waals surface area (Å²) in [5.41, 5.74) is 4.32. The minimum absolute atomic E-state index is 0.103. The molecule has 0 radical (unpaired) electrons. The van der Waals surface area contributed by atoms with E-state index in [1.165, 1.54) is 22.8 Å². The van der Waals surface area contributed by atoms with Crippen LogP contribution in [0.4, 0.5) is 18.0 Å². The topological polar surface area (TPSA) is 103 Å². The van der Waals surface area contributed by atoms with E-state index in [-0.39, 0.29) is 28.8 Å². The number of benzene rings is 2. The van der Waals surface area contributed by atoms with E-state index in [1.807, 2.05) is 5.32 Å². The lowest BCUT2D eigenvalue weighted by Crippen LogP contribution is -2.35. The number of aromatic nitrogens is 3. The van der Waals surface area contributed by atoms with Gasteiger partial charge in [0.25, 0.3) is 0 Å². The van der Waals surface area contributed by atoms with Crippen LogP contribution in [0.2, 0.25) is 5.02 Å². The Kier molecular flexibility index (Phi) is 6.86. The van der Waals surface area contributed by atoms with Gasteiger partial charge in [-0.05, 0) is 24.3 Å².